The van der Waals surface area contributed by atoms with Crippen LogP contribution in [0.25, 0.3) is 0 Å². The lowest BCUT2D eigenvalue weighted by Crippen LogP contribution is -2.18. The van der Waals surface area contributed by atoms with Crippen molar-refractivity contribution in [2.24, 2.45) is 0 Å². The van der Waals surface area contributed by atoms with E-state index in [1.165, 1.54) is 16.7 Å². The van der Waals surface area contributed by atoms with Gasteiger partial charge in [-0.3, -0.25) is 0 Å². The van der Waals surface area contributed by atoms with Crippen LogP contribution in [0.5, 0.6) is 0 Å². The van der Waals surface area contributed by atoms with E-state index in [0.29, 0.717) is 6.04 Å². The lowest BCUT2D eigenvalue weighted by Gasteiger charge is -2.18. The fraction of sp³-hybridized carbons (Fsp3) is 0.286. The molecule has 1 aromatic carbocycles. The van der Waals surface area contributed by atoms with E-state index in [0.717, 1.165) is 6.42 Å². The highest BCUT2D eigenvalue weighted by Crippen LogP contribution is 2.26. The predicted molar refractivity (Wildman–Crippen MR) is 71.0 cm³/mol. The van der Waals surface area contributed by atoms with Gasteiger partial charge in [-0.25, -0.2) is 0 Å². The predicted octanol–water partition coefficient (Wildman–Crippen LogP) is 3.62. The minimum absolute atomic E-state index is 0.322. The average Bonchev–Trinajstić information content (AvgIpc) is 2.84. The van der Waals surface area contributed by atoms with Gasteiger partial charge in [-0.15, -0.1) is 0 Å². The fourth-order valence-electron chi connectivity index (χ4n) is 2.08. The zero-order chi connectivity index (χ0) is 11.4. The third-order valence-corrected chi connectivity index (χ3v) is 3.61. The van der Waals surface area contributed by atoms with Crippen molar-refractivity contribution in [3.63, 3.8) is 0 Å². The van der Waals surface area contributed by atoms with Crippen LogP contribution in [-0.4, -0.2) is 7.05 Å². The Labute approximate surface area is 101 Å². The molecule has 1 aromatic heterocycles. The monoisotopic (exact) mass is 231 g/mol. The smallest absolute Gasteiger partial charge is 0.0585 e. The highest BCUT2D eigenvalue weighted by molar-refractivity contribution is 7.08. The van der Waals surface area contributed by atoms with Crippen molar-refractivity contribution in [1.82, 2.24) is 5.32 Å². The maximum atomic E-state index is 3.40. The minimum Gasteiger partial charge on any atom is -0.309 e. The lowest BCUT2D eigenvalue weighted by molar-refractivity contribution is 0.686. The number of benzene rings is 1. The molecule has 1 atom stereocenters. The van der Waals surface area contributed by atoms with Gasteiger partial charge < -0.3 is 5.32 Å². The van der Waals surface area contributed by atoms with E-state index < -0.39 is 0 Å². The number of rotatable bonds is 4. The number of nitrogens with one attached hydrogen (secondary N) is 1. The van der Waals surface area contributed by atoms with Crippen molar-refractivity contribution in [1.29, 1.82) is 0 Å². The average molecular weight is 231 g/mol. The molecule has 84 valence electrons. The Morgan fingerprint density at radius 2 is 2.06 bits per heavy atom. The number of aryl methyl sites for hydroxylation is 1. The molecule has 16 heavy (non-hydrogen) atoms. The molecular formula is C14H17NS. The molecule has 0 aliphatic heterocycles. The summed E-state index contributed by atoms with van der Waals surface area (Å²) < 4.78 is 0. The normalized spacial score (nSPS) is 12.6. The highest BCUT2D eigenvalue weighted by atomic mass is 32.1. The molecule has 0 fully saturated rings. The minimum atomic E-state index is 0.322. The second-order valence-electron chi connectivity index (χ2n) is 3.83. The molecule has 2 rings (SSSR count). The third kappa shape index (κ3) is 2.18. The molecule has 1 nitrogen and oxygen atoms in total. The molecule has 0 saturated heterocycles. The molecule has 0 spiro atoms. The summed E-state index contributed by atoms with van der Waals surface area (Å²) in [5, 5.41) is 7.75. The van der Waals surface area contributed by atoms with E-state index in [9.17, 15) is 0 Å². The van der Waals surface area contributed by atoms with Gasteiger partial charge in [0.05, 0.1) is 6.04 Å². The van der Waals surface area contributed by atoms with E-state index in [-0.39, 0.29) is 0 Å². The molecular weight excluding hydrogens is 214 g/mol. The van der Waals surface area contributed by atoms with Crippen molar-refractivity contribution < 1.29 is 0 Å². The van der Waals surface area contributed by atoms with Gasteiger partial charge in [-0.2, -0.15) is 11.3 Å². The van der Waals surface area contributed by atoms with Gasteiger partial charge in [0, 0.05) is 0 Å². The number of hydrogen-bond donors (Lipinski definition) is 1. The molecule has 0 radical (unpaired) electrons. The van der Waals surface area contributed by atoms with Gasteiger partial charge in [0.1, 0.15) is 0 Å². The quantitative estimate of drug-likeness (QED) is 0.847. The van der Waals surface area contributed by atoms with Crippen LogP contribution in [0.15, 0.2) is 41.1 Å². The first kappa shape index (κ1) is 11.4. The van der Waals surface area contributed by atoms with Crippen LogP contribution in [0.1, 0.15) is 29.7 Å². The second-order valence-corrected chi connectivity index (χ2v) is 4.61. The van der Waals surface area contributed by atoms with Gasteiger partial charge in [0.2, 0.25) is 0 Å². The summed E-state index contributed by atoms with van der Waals surface area (Å²) in [4.78, 5) is 0. The van der Waals surface area contributed by atoms with Gasteiger partial charge in [-0.1, -0.05) is 31.2 Å². The van der Waals surface area contributed by atoms with E-state index in [1.54, 1.807) is 11.3 Å². The molecule has 0 aliphatic rings. The SMILES string of the molecule is CCc1ccccc1C(NC)c1ccsc1. The fourth-order valence-corrected chi connectivity index (χ4v) is 2.76. The van der Waals surface area contributed by atoms with Crippen LogP contribution in [0.2, 0.25) is 0 Å². The summed E-state index contributed by atoms with van der Waals surface area (Å²) >= 11 is 1.75. The standard InChI is InChI=1S/C14H17NS/c1-3-11-6-4-5-7-13(11)14(15-2)12-8-9-16-10-12/h4-10,14-15H,3H2,1-2H3. The van der Waals surface area contributed by atoms with Crippen LogP contribution in [-0.2, 0) is 6.42 Å². The summed E-state index contributed by atoms with van der Waals surface area (Å²) in [6, 6.07) is 11.2. The van der Waals surface area contributed by atoms with Crippen LogP contribution in [0.3, 0.4) is 0 Å². The summed E-state index contributed by atoms with van der Waals surface area (Å²) in [7, 11) is 2.02. The zero-order valence-electron chi connectivity index (χ0n) is 9.73. The van der Waals surface area contributed by atoms with Gasteiger partial charge in [0.15, 0.2) is 0 Å². The van der Waals surface area contributed by atoms with Gasteiger partial charge >= 0.3 is 0 Å². The van der Waals surface area contributed by atoms with Crippen LogP contribution in [0, 0.1) is 0 Å². The van der Waals surface area contributed by atoms with Crippen molar-refractivity contribution in [3.05, 3.63) is 57.8 Å². The summed E-state index contributed by atoms with van der Waals surface area (Å²) in [5.74, 6) is 0. The van der Waals surface area contributed by atoms with Crippen LogP contribution in [0.4, 0.5) is 0 Å². The Kier molecular flexibility index (Phi) is 3.75. The molecule has 0 saturated carbocycles. The molecule has 0 amide bonds. The first-order valence-corrected chi connectivity index (χ1v) is 6.58. The Bertz CT molecular complexity index is 434. The summed E-state index contributed by atoms with van der Waals surface area (Å²) in [6.07, 6.45) is 1.08. The van der Waals surface area contributed by atoms with Crippen molar-refractivity contribution in [2.45, 2.75) is 19.4 Å². The van der Waals surface area contributed by atoms with Crippen LogP contribution < -0.4 is 5.32 Å². The number of hydrogen-bond acceptors (Lipinski definition) is 2. The maximum absolute atomic E-state index is 3.40. The molecule has 1 heterocycles. The summed E-state index contributed by atoms with van der Waals surface area (Å²) in [5.41, 5.74) is 4.17. The topological polar surface area (TPSA) is 12.0 Å². The highest BCUT2D eigenvalue weighted by Gasteiger charge is 2.14. The second kappa shape index (κ2) is 5.28. The van der Waals surface area contributed by atoms with E-state index in [1.807, 2.05) is 7.05 Å². The lowest BCUT2D eigenvalue weighted by atomic mass is 9.95. The molecule has 0 bridgehead atoms. The van der Waals surface area contributed by atoms with Gasteiger partial charge in [0.25, 0.3) is 0 Å². The first-order valence-electron chi connectivity index (χ1n) is 5.64. The Hall–Kier alpha value is -1.12. The zero-order valence-corrected chi connectivity index (χ0v) is 10.6. The molecule has 0 aliphatic carbocycles. The van der Waals surface area contributed by atoms with Crippen molar-refractivity contribution >= 4 is 11.3 Å². The molecule has 2 aromatic rings. The van der Waals surface area contributed by atoms with E-state index >= 15 is 0 Å². The summed E-state index contributed by atoms with van der Waals surface area (Å²) in [6.45, 7) is 2.21. The van der Waals surface area contributed by atoms with Crippen molar-refractivity contribution in [2.75, 3.05) is 7.05 Å². The van der Waals surface area contributed by atoms with Gasteiger partial charge in [-0.05, 0) is 47.0 Å². The maximum Gasteiger partial charge on any atom is 0.0585 e. The Balaban J connectivity index is 2.41. The first-order chi connectivity index (χ1) is 7.86. The number of thiophene rings is 1. The molecule has 2 heteroatoms. The Morgan fingerprint density at radius 1 is 1.25 bits per heavy atom. The molecule has 1 unspecified atom stereocenters. The van der Waals surface area contributed by atoms with Crippen LogP contribution >= 0.6 is 11.3 Å². The largest absolute Gasteiger partial charge is 0.309 e. The van der Waals surface area contributed by atoms with Crippen molar-refractivity contribution in [3.8, 4) is 0 Å². The van der Waals surface area contributed by atoms with E-state index in [4.69, 9.17) is 0 Å². The third-order valence-electron chi connectivity index (χ3n) is 2.91. The van der Waals surface area contributed by atoms with E-state index in [2.05, 4.69) is 53.3 Å². The Morgan fingerprint density at radius 3 is 2.69 bits per heavy atom. The molecule has 1 N–H and O–H groups in total.